The zero-order chi connectivity index (χ0) is 15.1. The molecule has 1 unspecified atom stereocenters. The number of benzene rings is 1. The Bertz CT molecular complexity index is 456. The number of nitrogens with one attached hydrogen (secondary N) is 1. The standard InChI is InChI=1S/C17H26N2O2/c1-3-19(13-15-7-5-9-18-12-15)17(20)11-14-6-4-8-16(10-14)21-2/h4,6,8,10,15,18H,3,5,7,9,11-13H2,1-2H3. The Kier molecular flexibility index (Phi) is 6.05. The van der Waals surface area contributed by atoms with Crippen LogP contribution in [0, 0.1) is 5.92 Å². The van der Waals surface area contributed by atoms with Gasteiger partial charge >= 0.3 is 0 Å². The van der Waals surface area contributed by atoms with E-state index in [1.807, 2.05) is 29.2 Å². The fourth-order valence-electron chi connectivity index (χ4n) is 2.87. The van der Waals surface area contributed by atoms with Gasteiger partial charge in [-0.3, -0.25) is 4.79 Å². The molecule has 0 saturated carbocycles. The third kappa shape index (κ3) is 4.74. The monoisotopic (exact) mass is 290 g/mol. The van der Waals surface area contributed by atoms with Crippen molar-refractivity contribution in [3.05, 3.63) is 29.8 Å². The molecule has 21 heavy (non-hydrogen) atoms. The second kappa shape index (κ2) is 8.03. The summed E-state index contributed by atoms with van der Waals surface area (Å²) in [5.74, 6) is 1.60. The van der Waals surface area contributed by atoms with Crippen LogP contribution in [0.4, 0.5) is 0 Å². The van der Waals surface area contributed by atoms with E-state index in [0.717, 1.165) is 37.5 Å². The lowest BCUT2D eigenvalue weighted by molar-refractivity contribution is -0.131. The summed E-state index contributed by atoms with van der Waals surface area (Å²) in [6, 6.07) is 7.76. The van der Waals surface area contributed by atoms with Gasteiger partial charge in [0, 0.05) is 13.1 Å². The molecule has 1 aromatic rings. The van der Waals surface area contributed by atoms with Gasteiger partial charge in [0.15, 0.2) is 0 Å². The van der Waals surface area contributed by atoms with Gasteiger partial charge < -0.3 is 15.0 Å². The second-order valence-electron chi connectivity index (χ2n) is 5.67. The summed E-state index contributed by atoms with van der Waals surface area (Å²) in [5.41, 5.74) is 1.01. The van der Waals surface area contributed by atoms with Crippen LogP contribution in [-0.2, 0) is 11.2 Å². The maximum atomic E-state index is 12.5. The minimum atomic E-state index is 0.205. The van der Waals surface area contributed by atoms with Gasteiger partial charge in [-0.15, -0.1) is 0 Å². The zero-order valence-electron chi connectivity index (χ0n) is 13.1. The summed E-state index contributed by atoms with van der Waals surface area (Å²) in [7, 11) is 1.65. The van der Waals surface area contributed by atoms with Crippen molar-refractivity contribution in [3.63, 3.8) is 0 Å². The van der Waals surface area contributed by atoms with E-state index in [2.05, 4.69) is 12.2 Å². The van der Waals surface area contributed by atoms with Gasteiger partial charge in [0.2, 0.25) is 5.91 Å². The van der Waals surface area contributed by atoms with E-state index in [1.165, 1.54) is 12.8 Å². The molecule has 1 heterocycles. The van der Waals surface area contributed by atoms with Crippen molar-refractivity contribution < 1.29 is 9.53 Å². The highest BCUT2D eigenvalue weighted by atomic mass is 16.5. The average molecular weight is 290 g/mol. The van der Waals surface area contributed by atoms with Gasteiger partial charge in [-0.25, -0.2) is 0 Å². The largest absolute Gasteiger partial charge is 0.497 e. The second-order valence-corrected chi connectivity index (χ2v) is 5.67. The molecule has 0 aromatic heterocycles. The van der Waals surface area contributed by atoms with Crippen LogP contribution in [0.1, 0.15) is 25.3 Å². The topological polar surface area (TPSA) is 41.6 Å². The fraction of sp³-hybridized carbons (Fsp3) is 0.588. The van der Waals surface area contributed by atoms with Gasteiger partial charge in [0.25, 0.3) is 0 Å². The quantitative estimate of drug-likeness (QED) is 0.872. The maximum absolute atomic E-state index is 12.5. The van der Waals surface area contributed by atoms with E-state index in [4.69, 9.17) is 4.74 Å². The lowest BCUT2D eigenvalue weighted by Crippen LogP contribution is -2.41. The third-order valence-corrected chi connectivity index (χ3v) is 4.10. The summed E-state index contributed by atoms with van der Waals surface area (Å²) in [4.78, 5) is 14.5. The Morgan fingerprint density at radius 2 is 2.33 bits per heavy atom. The van der Waals surface area contributed by atoms with E-state index in [-0.39, 0.29) is 5.91 Å². The molecule has 2 rings (SSSR count). The van der Waals surface area contributed by atoms with Crippen molar-refractivity contribution in [3.8, 4) is 5.75 Å². The average Bonchev–Trinajstić information content (AvgIpc) is 2.53. The van der Waals surface area contributed by atoms with Gasteiger partial charge in [-0.1, -0.05) is 12.1 Å². The molecule has 1 N–H and O–H groups in total. The van der Waals surface area contributed by atoms with E-state index < -0.39 is 0 Å². The first kappa shape index (κ1) is 15.8. The van der Waals surface area contributed by atoms with Crippen molar-refractivity contribution in [1.29, 1.82) is 0 Å². The van der Waals surface area contributed by atoms with E-state index in [1.54, 1.807) is 7.11 Å². The Balaban J connectivity index is 1.92. The lowest BCUT2D eigenvalue weighted by atomic mass is 9.98. The third-order valence-electron chi connectivity index (χ3n) is 4.10. The van der Waals surface area contributed by atoms with Crippen LogP contribution in [0.25, 0.3) is 0 Å². The molecule has 1 saturated heterocycles. The molecule has 1 fully saturated rings. The summed E-state index contributed by atoms with van der Waals surface area (Å²) < 4.78 is 5.21. The molecule has 1 amide bonds. The molecule has 0 aliphatic carbocycles. The molecule has 116 valence electrons. The molecule has 0 spiro atoms. The number of hydrogen-bond donors (Lipinski definition) is 1. The summed E-state index contributed by atoms with van der Waals surface area (Å²) in [6.45, 7) is 5.84. The summed E-state index contributed by atoms with van der Waals surface area (Å²) >= 11 is 0. The highest BCUT2D eigenvalue weighted by Gasteiger charge is 2.19. The minimum Gasteiger partial charge on any atom is -0.497 e. The Labute approximate surface area is 127 Å². The number of hydrogen-bond acceptors (Lipinski definition) is 3. The van der Waals surface area contributed by atoms with Crippen LogP contribution in [0.15, 0.2) is 24.3 Å². The number of carbonyl (C=O) groups excluding carboxylic acids is 1. The molecule has 1 atom stereocenters. The van der Waals surface area contributed by atoms with Crippen molar-refractivity contribution in [2.45, 2.75) is 26.2 Å². The molecule has 1 aliphatic heterocycles. The van der Waals surface area contributed by atoms with Crippen molar-refractivity contribution >= 4 is 5.91 Å². The molecule has 1 aromatic carbocycles. The smallest absolute Gasteiger partial charge is 0.226 e. The first-order chi connectivity index (χ1) is 10.2. The molecule has 4 heteroatoms. The fourth-order valence-corrected chi connectivity index (χ4v) is 2.87. The van der Waals surface area contributed by atoms with Gasteiger partial charge in [-0.2, -0.15) is 0 Å². The van der Waals surface area contributed by atoms with Crippen LogP contribution in [-0.4, -0.2) is 44.1 Å². The highest BCUT2D eigenvalue weighted by Crippen LogP contribution is 2.15. The van der Waals surface area contributed by atoms with Crippen molar-refractivity contribution in [2.75, 3.05) is 33.3 Å². The molecular formula is C17H26N2O2. The number of methoxy groups -OCH3 is 1. The normalized spacial score (nSPS) is 18.3. The van der Waals surface area contributed by atoms with Crippen LogP contribution in [0.5, 0.6) is 5.75 Å². The first-order valence-electron chi connectivity index (χ1n) is 7.84. The number of piperidine rings is 1. The number of rotatable bonds is 6. The zero-order valence-corrected chi connectivity index (χ0v) is 13.1. The predicted molar refractivity (Wildman–Crippen MR) is 84.5 cm³/mol. The number of likely N-dealkylation sites (N-methyl/N-ethyl adjacent to an activating group) is 1. The number of carbonyl (C=O) groups is 1. The van der Waals surface area contributed by atoms with Crippen molar-refractivity contribution in [1.82, 2.24) is 10.2 Å². The Morgan fingerprint density at radius 3 is 3.00 bits per heavy atom. The van der Waals surface area contributed by atoms with Crippen LogP contribution >= 0.6 is 0 Å². The molecule has 4 nitrogen and oxygen atoms in total. The van der Waals surface area contributed by atoms with Crippen LogP contribution < -0.4 is 10.1 Å². The molecule has 0 radical (unpaired) electrons. The van der Waals surface area contributed by atoms with Gasteiger partial charge in [0.05, 0.1) is 13.5 Å². The predicted octanol–water partition coefficient (Wildman–Crippen LogP) is 2.09. The number of ether oxygens (including phenoxy) is 1. The molecule has 0 bridgehead atoms. The van der Waals surface area contributed by atoms with Crippen molar-refractivity contribution in [2.24, 2.45) is 5.92 Å². The Morgan fingerprint density at radius 1 is 1.48 bits per heavy atom. The highest BCUT2D eigenvalue weighted by molar-refractivity contribution is 5.78. The molecular weight excluding hydrogens is 264 g/mol. The molecule has 1 aliphatic rings. The SMILES string of the molecule is CCN(CC1CCCNC1)C(=O)Cc1cccc(OC)c1. The van der Waals surface area contributed by atoms with E-state index >= 15 is 0 Å². The van der Waals surface area contributed by atoms with Crippen LogP contribution in [0.2, 0.25) is 0 Å². The summed E-state index contributed by atoms with van der Waals surface area (Å²) in [6.07, 6.45) is 2.88. The summed E-state index contributed by atoms with van der Waals surface area (Å²) in [5, 5.41) is 3.41. The van der Waals surface area contributed by atoms with Gasteiger partial charge in [0.1, 0.15) is 5.75 Å². The van der Waals surface area contributed by atoms with E-state index in [9.17, 15) is 4.79 Å². The van der Waals surface area contributed by atoms with E-state index in [0.29, 0.717) is 12.3 Å². The Hall–Kier alpha value is -1.55. The van der Waals surface area contributed by atoms with Gasteiger partial charge in [-0.05, 0) is 56.5 Å². The minimum absolute atomic E-state index is 0.205. The first-order valence-corrected chi connectivity index (χ1v) is 7.84. The van der Waals surface area contributed by atoms with Crippen LogP contribution in [0.3, 0.4) is 0 Å². The lowest BCUT2D eigenvalue weighted by Gasteiger charge is -2.29. The number of amides is 1. The maximum Gasteiger partial charge on any atom is 0.226 e. The number of nitrogens with zero attached hydrogens (tertiary/aromatic N) is 1.